The second kappa shape index (κ2) is 7.62. The maximum absolute atomic E-state index is 11.9. The first-order chi connectivity index (χ1) is 9.45. The van der Waals surface area contributed by atoms with Gasteiger partial charge in [0.05, 0.1) is 18.0 Å². The summed E-state index contributed by atoms with van der Waals surface area (Å²) in [5.41, 5.74) is 7.26. The van der Waals surface area contributed by atoms with Gasteiger partial charge < -0.3 is 21.1 Å². The number of benzene rings is 1. The fourth-order valence-electron chi connectivity index (χ4n) is 1.71. The Labute approximate surface area is 120 Å². The fourth-order valence-corrected chi connectivity index (χ4v) is 1.71. The smallest absolute Gasteiger partial charge is 0.242 e. The van der Waals surface area contributed by atoms with Crippen LogP contribution < -0.4 is 21.1 Å². The molecule has 1 aromatic rings. The van der Waals surface area contributed by atoms with Crippen molar-refractivity contribution in [3.63, 3.8) is 0 Å². The third-order valence-corrected chi connectivity index (χ3v) is 2.82. The Morgan fingerprint density at radius 3 is 2.65 bits per heavy atom. The molecule has 4 N–H and O–H groups in total. The molecule has 0 radical (unpaired) electrons. The topological polar surface area (TPSA) is 76.4 Å². The van der Waals surface area contributed by atoms with Crippen LogP contribution >= 0.6 is 0 Å². The third-order valence-electron chi connectivity index (χ3n) is 2.82. The summed E-state index contributed by atoms with van der Waals surface area (Å²) in [7, 11) is 0. The number of nitrogens with two attached hydrogens (primary N) is 1. The minimum Gasteiger partial charge on any atom is -0.492 e. The van der Waals surface area contributed by atoms with Crippen LogP contribution in [0.1, 0.15) is 27.7 Å². The van der Waals surface area contributed by atoms with Gasteiger partial charge in [-0.1, -0.05) is 19.9 Å². The SMILES string of the molecule is CCOc1cccc(NC(C)C(=O)NCC(C)C)c1N. The van der Waals surface area contributed by atoms with Gasteiger partial charge in [0.2, 0.25) is 5.91 Å². The minimum atomic E-state index is -0.354. The molecule has 0 spiro atoms. The summed E-state index contributed by atoms with van der Waals surface area (Å²) in [5.74, 6) is 1.02. The molecule has 1 amide bonds. The van der Waals surface area contributed by atoms with Crippen LogP contribution in [-0.4, -0.2) is 25.1 Å². The molecule has 0 aliphatic heterocycles. The van der Waals surface area contributed by atoms with Gasteiger partial charge in [-0.15, -0.1) is 0 Å². The number of carbonyl (C=O) groups excluding carboxylic acids is 1. The summed E-state index contributed by atoms with van der Waals surface area (Å²) >= 11 is 0. The van der Waals surface area contributed by atoms with E-state index in [-0.39, 0.29) is 11.9 Å². The zero-order valence-corrected chi connectivity index (χ0v) is 12.7. The van der Waals surface area contributed by atoms with Crippen molar-refractivity contribution in [1.29, 1.82) is 0 Å². The first-order valence-electron chi connectivity index (χ1n) is 7.01. The van der Waals surface area contributed by atoms with Crippen LogP contribution in [0.25, 0.3) is 0 Å². The van der Waals surface area contributed by atoms with Crippen LogP contribution in [0, 0.1) is 5.92 Å². The summed E-state index contributed by atoms with van der Waals surface area (Å²) in [4.78, 5) is 11.9. The number of hydrogen-bond acceptors (Lipinski definition) is 4. The van der Waals surface area contributed by atoms with Crippen LogP contribution in [0.2, 0.25) is 0 Å². The largest absolute Gasteiger partial charge is 0.492 e. The van der Waals surface area contributed by atoms with Crippen molar-refractivity contribution in [2.45, 2.75) is 33.7 Å². The maximum atomic E-state index is 11.9. The molecule has 5 nitrogen and oxygen atoms in total. The Morgan fingerprint density at radius 1 is 1.35 bits per heavy atom. The molecule has 20 heavy (non-hydrogen) atoms. The highest BCUT2D eigenvalue weighted by molar-refractivity contribution is 5.86. The van der Waals surface area contributed by atoms with E-state index in [4.69, 9.17) is 10.5 Å². The Kier molecular flexibility index (Phi) is 6.15. The third kappa shape index (κ3) is 4.64. The molecule has 0 saturated heterocycles. The molecule has 0 bridgehead atoms. The summed E-state index contributed by atoms with van der Waals surface area (Å²) in [6.07, 6.45) is 0. The van der Waals surface area contributed by atoms with E-state index in [9.17, 15) is 4.79 Å². The predicted molar refractivity (Wildman–Crippen MR) is 83.0 cm³/mol. The Bertz CT molecular complexity index is 447. The molecule has 0 saturated carbocycles. The number of amides is 1. The fraction of sp³-hybridized carbons (Fsp3) is 0.533. The van der Waals surface area contributed by atoms with Crippen molar-refractivity contribution in [2.75, 3.05) is 24.2 Å². The number of para-hydroxylation sites is 1. The quantitative estimate of drug-likeness (QED) is 0.669. The normalized spacial score (nSPS) is 12.1. The molecule has 5 heteroatoms. The van der Waals surface area contributed by atoms with Gasteiger partial charge in [0, 0.05) is 6.54 Å². The van der Waals surface area contributed by atoms with Gasteiger partial charge in [-0.25, -0.2) is 0 Å². The number of ether oxygens (including phenoxy) is 1. The number of anilines is 2. The van der Waals surface area contributed by atoms with Gasteiger partial charge in [-0.2, -0.15) is 0 Å². The second-order valence-electron chi connectivity index (χ2n) is 5.16. The zero-order valence-electron chi connectivity index (χ0n) is 12.7. The predicted octanol–water partition coefficient (Wildman–Crippen LogP) is 2.24. The van der Waals surface area contributed by atoms with Crippen LogP contribution in [0.15, 0.2) is 18.2 Å². The molecular weight excluding hydrogens is 254 g/mol. The van der Waals surface area contributed by atoms with E-state index < -0.39 is 0 Å². The summed E-state index contributed by atoms with van der Waals surface area (Å²) < 4.78 is 5.43. The number of carbonyl (C=O) groups is 1. The van der Waals surface area contributed by atoms with E-state index in [0.717, 1.165) is 0 Å². The highest BCUT2D eigenvalue weighted by Gasteiger charge is 2.15. The summed E-state index contributed by atoms with van der Waals surface area (Å²) in [6.45, 7) is 9.05. The molecule has 0 aliphatic rings. The van der Waals surface area contributed by atoms with E-state index >= 15 is 0 Å². The van der Waals surface area contributed by atoms with Crippen molar-refractivity contribution in [3.05, 3.63) is 18.2 Å². The lowest BCUT2D eigenvalue weighted by atomic mass is 10.2. The van der Waals surface area contributed by atoms with Gasteiger partial charge in [-0.3, -0.25) is 4.79 Å². The van der Waals surface area contributed by atoms with Crippen LogP contribution in [0.5, 0.6) is 5.75 Å². The molecule has 1 rings (SSSR count). The Hall–Kier alpha value is -1.91. The lowest BCUT2D eigenvalue weighted by Crippen LogP contribution is -2.39. The van der Waals surface area contributed by atoms with Gasteiger partial charge in [-0.05, 0) is 31.9 Å². The molecule has 0 fully saturated rings. The maximum Gasteiger partial charge on any atom is 0.242 e. The highest BCUT2D eigenvalue weighted by Crippen LogP contribution is 2.29. The zero-order chi connectivity index (χ0) is 15.1. The molecule has 0 heterocycles. The van der Waals surface area contributed by atoms with E-state index in [1.807, 2.05) is 32.0 Å². The van der Waals surface area contributed by atoms with E-state index in [2.05, 4.69) is 24.5 Å². The van der Waals surface area contributed by atoms with Crippen LogP contribution in [0.4, 0.5) is 11.4 Å². The lowest BCUT2D eigenvalue weighted by molar-refractivity contribution is -0.121. The standard InChI is InChI=1S/C15H25N3O2/c1-5-20-13-8-6-7-12(14(13)16)18-11(4)15(19)17-9-10(2)3/h6-8,10-11,18H,5,9,16H2,1-4H3,(H,17,19). The average molecular weight is 279 g/mol. The molecule has 1 atom stereocenters. The van der Waals surface area contributed by atoms with E-state index in [0.29, 0.717) is 36.2 Å². The summed E-state index contributed by atoms with van der Waals surface area (Å²) in [6, 6.07) is 5.15. The molecule has 112 valence electrons. The Morgan fingerprint density at radius 2 is 2.05 bits per heavy atom. The Balaban J connectivity index is 2.68. The number of hydrogen-bond donors (Lipinski definition) is 3. The summed E-state index contributed by atoms with van der Waals surface area (Å²) in [5, 5.41) is 6.00. The van der Waals surface area contributed by atoms with Crippen LogP contribution in [-0.2, 0) is 4.79 Å². The number of rotatable bonds is 7. The highest BCUT2D eigenvalue weighted by atomic mass is 16.5. The van der Waals surface area contributed by atoms with Crippen molar-refractivity contribution in [2.24, 2.45) is 5.92 Å². The van der Waals surface area contributed by atoms with Crippen LogP contribution in [0.3, 0.4) is 0 Å². The van der Waals surface area contributed by atoms with Gasteiger partial charge in [0.25, 0.3) is 0 Å². The molecular formula is C15H25N3O2. The monoisotopic (exact) mass is 279 g/mol. The molecule has 1 aromatic carbocycles. The first-order valence-corrected chi connectivity index (χ1v) is 7.01. The molecule has 0 aromatic heterocycles. The first kappa shape index (κ1) is 16.1. The van der Waals surface area contributed by atoms with Crippen molar-refractivity contribution in [3.8, 4) is 5.75 Å². The molecule has 0 aliphatic carbocycles. The van der Waals surface area contributed by atoms with Gasteiger partial charge >= 0.3 is 0 Å². The van der Waals surface area contributed by atoms with E-state index in [1.165, 1.54) is 0 Å². The van der Waals surface area contributed by atoms with Crippen molar-refractivity contribution < 1.29 is 9.53 Å². The van der Waals surface area contributed by atoms with Crippen molar-refractivity contribution >= 4 is 17.3 Å². The number of nitrogens with one attached hydrogen (secondary N) is 2. The van der Waals surface area contributed by atoms with Gasteiger partial charge in [0.1, 0.15) is 11.8 Å². The second-order valence-corrected chi connectivity index (χ2v) is 5.16. The van der Waals surface area contributed by atoms with Crippen molar-refractivity contribution in [1.82, 2.24) is 5.32 Å². The van der Waals surface area contributed by atoms with E-state index in [1.54, 1.807) is 0 Å². The lowest BCUT2D eigenvalue weighted by Gasteiger charge is -2.18. The minimum absolute atomic E-state index is 0.0417. The average Bonchev–Trinajstić information content (AvgIpc) is 2.40. The number of nitrogen functional groups attached to an aromatic ring is 1. The van der Waals surface area contributed by atoms with Gasteiger partial charge in [0.15, 0.2) is 0 Å². The molecule has 1 unspecified atom stereocenters.